The van der Waals surface area contributed by atoms with Crippen molar-refractivity contribution in [2.24, 2.45) is 0 Å². The van der Waals surface area contributed by atoms with Crippen LogP contribution in [0.4, 0.5) is 4.39 Å². The van der Waals surface area contributed by atoms with E-state index in [-0.39, 0.29) is 10.9 Å². The lowest BCUT2D eigenvalue weighted by atomic mass is 10.3. The van der Waals surface area contributed by atoms with Gasteiger partial charge in [0.05, 0.1) is 5.69 Å². The number of carboxylic acids is 1. The van der Waals surface area contributed by atoms with E-state index < -0.39 is 11.5 Å². The van der Waals surface area contributed by atoms with Crippen LogP contribution in [0.25, 0.3) is 5.69 Å². The molecule has 1 unspecified atom stereocenters. The molecule has 94 valence electrons. The van der Waals surface area contributed by atoms with Crippen molar-refractivity contribution < 1.29 is 19.4 Å². The quantitative estimate of drug-likeness (QED) is 0.794. The molecule has 7 nitrogen and oxygen atoms in total. The summed E-state index contributed by atoms with van der Waals surface area (Å²) in [5.41, 5.74) is -1.66. The molecule has 0 aliphatic carbocycles. The standard InChI is InChI=1S/C9H7FN4O3S/c10-7(8(16)17)18-9-11-12-13-14(9)5-1-3-6(15)4-2-5/h1-4,7,15H,(H,16,17). The van der Waals surface area contributed by atoms with Crippen molar-refractivity contribution in [3.8, 4) is 11.4 Å². The summed E-state index contributed by atoms with van der Waals surface area (Å²) in [7, 11) is 0. The summed E-state index contributed by atoms with van der Waals surface area (Å²) < 4.78 is 14.2. The van der Waals surface area contributed by atoms with Gasteiger partial charge in [-0.25, -0.2) is 9.18 Å². The summed E-state index contributed by atoms with van der Waals surface area (Å²) in [6, 6.07) is 5.86. The highest BCUT2D eigenvalue weighted by atomic mass is 32.2. The second-order valence-corrected chi connectivity index (χ2v) is 4.18. The van der Waals surface area contributed by atoms with Crippen molar-refractivity contribution in [3.63, 3.8) is 0 Å². The van der Waals surface area contributed by atoms with Crippen molar-refractivity contribution in [2.45, 2.75) is 10.7 Å². The summed E-state index contributed by atoms with van der Waals surface area (Å²) in [6.45, 7) is 0. The molecule has 9 heteroatoms. The highest BCUT2D eigenvalue weighted by molar-refractivity contribution is 8.00. The Kier molecular flexibility index (Phi) is 3.42. The zero-order valence-corrected chi connectivity index (χ0v) is 9.58. The van der Waals surface area contributed by atoms with Crippen LogP contribution in [0.5, 0.6) is 5.75 Å². The van der Waals surface area contributed by atoms with Gasteiger partial charge in [-0.2, -0.15) is 4.68 Å². The molecular formula is C9H7FN4O3S. The van der Waals surface area contributed by atoms with E-state index in [0.717, 1.165) is 0 Å². The molecule has 0 aliphatic heterocycles. The Morgan fingerprint density at radius 2 is 2.06 bits per heavy atom. The normalized spacial score (nSPS) is 12.3. The van der Waals surface area contributed by atoms with Gasteiger partial charge in [-0.1, -0.05) is 0 Å². The van der Waals surface area contributed by atoms with E-state index in [9.17, 15) is 9.18 Å². The number of nitrogens with zero attached hydrogens (tertiary/aromatic N) is 4. The maximum absolute atomic E-state index is 13.1. The molecule has 0 fully saturated rings. The smallest absolute Gasteiger partial charge is 0.349 e. The van der Waals surface area contributed by atoms with Crippen LogP contribution in [0.3, 0.4) is 0 Å². The molecule has 0 radical (unpaired) electrons. The van der Waals surface area contributed by atoms with Crippen LogP contribution in [0, 0.1) is 0 Å². The van der Waals surface area contributed by atoms with Crippen LogP contribution in [0.1, 0.15) is 0 Å². The van der Waals surface area contributed by atoms with Crippen molar-refractivity contribution in [2.75, 3.05) is 0 Å². The fourth-order valence-electron chi connectivity index (χ4n) is 1.15. The molecule has 0 spiro atoms. The summed E-state index contributed by atoms with van der Waals surface area (Å²) >= 11 is 0.382. The molecule has 1 atom stereocenters. The molecule has 1 aromatic heterocycles. The Hall–Kier alpha value is -2.16. The maximum atomic E-state index is 13.1. The van der Waals surface area contributed by atoms with Gasteiger partial charge in [0.2, 0.25) is 10.7 Å². The van der Waals surface area contributed by atoms with Crippen molar-refractivity contribution in [1.82, 2.24) is 20.2 Å². The Morgan fingerprint density at radius 3 is 2.67 bits per heavy atom. The third kappa shape index (κ3) is 2.56. The molecule has 0 bridgehead atoms. The highest BCUT2D eigenvalue weighted by Gasteiger charge is 2.21. The number of hydrogen-bond donors (Lipinski definition) is 2. The van der Waals surface area contributed by atoms with E-state index in [4.69, 9.17) is 10.2 Å². The summed E-state index contributed by atoms with van der Waals surface area (Å²) in [5, 5.41) is 28.1. The number of halogens is 1. The zero-order valence-electron chi connectivity index (χ0n) is 8.76. The number of rotatable bonds is 4. The van der Waals surface area contributed by atoms with Gasteiger partial charge in [0.15, 0.2) is 0 Å². The fourth-order valence-corrected chi connectivity index (χ4v) is 1.76. The molecule has 1 aromatic carbocycles. The van der Waals surface area contributed by atoms with E-state index in [0.29, 0.717) is 17.4 Å². The first-order valence-corrected chi connectivity index (χ1v) is 5.57. The molecule has 2 rings (SSSR count). The van der Waals surface area contributed by atoms with Gasteiger partial charge in [0.1, 0.15) is 5.75 Å². The van der Waals surface area contributed by atoms with Crippen LogP contribution in [0.15, 0.2) is 29.4 Å². The number of phenols is 1. The predicted molar refractivity (Wildman–Crippen MR) is 59.2 cm³/mol. The second kappa shape index (κ2) is 5.00. The minimum Gasteiger partial charge on any atom is -0.508 e. The summed E-state index contributed by atoms with van der Waals surface area (Å²) in [4.78, 5) is 10.4. The number of alkyl halides is 1. The molecule has 0 aliphatic rings. The Bertz CT molecular complexity index is 559. The number of carboxylic acid groups (broad SMARTS) is 1. The minimum atomic E-state index is -2.15. The van der Waals surface area contributed by atoms with Crippen molar-refractivity contribution >= 4 is 17.7 Å². The predicted octanol–water partition coefficient (Wildman–Crippen LogP) is 0.840. The number of tetrazole rings is 1. The first-order valence-electron chi connectivity index (χ1n) is 4.69. The number of aromatic nitrogens is 4. The van der Waals surface area contributed by atoms with E-state index >= 15 is 0 Å². The fraction of sp³-hybridized carbons (Fsp3) is 0.111. The number of phenolic OH excluding ortho intramolecular Hbond substituents is 1. The van der Waals surface area contributed by atoms with Crippen LogP contribution >= 0.6 is 11.8 Å². The van der Waals surface area contributed by atoms with Gasteiger partial charge in [0, 0.05) is 0 Å². The Morgan fingerprint density at radius 1 is 1.39 bits per heavy atom. The van der Waals surface area contributed by atoms with E-state index in [2.05, 4.69) is 15.5 Å². The first-order chi connectivity index (χ1) is 8.58. The van der Waals surface area contributed by atoms with Gasteiger partial charge in [0.25, 0.3) is 0 Å². The van der Waals surface area contributed by atoms with E-state index in [1.54, 1.807) is 0 Å². The number of benzene rings is 1. The largest absolute Gasteiger partial charge is 0.508 e. The number of aliphatic carboxylic acids is 1. The number of carbonyl (C=O) groups is 1. The third-order valence-electron chi connectivity index (χ3n) is 1.94. The van der Waals surface area contributed by atoms with Crippen LogP contribution in [-0.2, 0) is 4.79 Å². The summed E-state index contributed by atoms with van der Waals surface area (Å²) in [5.74, 6) is -1.53. The van der Waals surface area contributed by atoms with Crippen molar-refractivity contribution in [1.29, 1.82) is 0 Å². The molecule has 1 heterocycles. The molecule has 2 aromatic rings. The van der Waals surface area contributed by atoms with Gasteiger partial charge >= 0.3 is 5.97 Å². The Labute approximate surface area is 104 Å². The average Bonchev–Trinajstić information content (AvgIpc) is 2.78. The number of hydrogen-bond acceptors (Lipinski definition) is 6. The SMILES string of the molecule is O=C(O)C(F)Sc1nnnn1-c1ccc(O)cc1. The lowest BCUT2D eigenvalue weighted by Gasteiger charge is -2.04. The summed E-state index contributed by atoms with van der Waals surface area (Å²) in [6.07, 6.45) is 0. The lowest BCUT2D eigenvalue weighted by Crippen LogP contribution is -2.11. The third-order valence-corrected chi connectivity index (χ3v) is 2.81. The van der Waals surface area contributed by atoms with E-state index in [1.165, 1.54) is 28.9 Å². The van der Waals surface area contributed by atoms with Gasteiger partial charge < -0.3 is 10.2 Å². The average molecular weight is 270 g/mol. The van der Waals surface area contributed by atoms with E-state index in [1.807, 2.05) is 0 Å². The topological polar surface area (TPSA) is 101 Å². The monoisotopic (exact) mass is 270 g/mol. The van der Waals surface area contributed by atoms with Gasteiger partial charge in [-0.05, 0) is 46.5 Å². The molecular weight excluding hydrogens is 263 g/mol. The lowest BCUT2D eigenvalue weighted by molar-refractivity contribution is -0.139. The van der Waals surface area contributed by atoms with Gasteiger partial charge in [-0.15, -0.1) is 5.10 Å². The second-order valence-electron chi connectivity index (χ2n) is 3.16. The first kappa shape index (κ1) is 12.3. The minimum absolute atomic E-state index is 0.00981. The molecule has 2 N–H and O–H groups in total. The van der Waals surface area contributed by atoms with Crippen LogP contribution in [-0.4, -0.2) is 41.9 Å². The maximum Gasteiger partial charge on any atom is 0.349 e. The number of aromatic hydroxyl groups is 1. The molecule has 0 saturated heterocycles. The highest BCUT2D eigenvalue weighted by Crippen LogP contribution is 2.24. The van der Waals surface area contributed by atoms with Crippen molar-refractivity contribution in [3.05, 3.63) is 24.3 Å². The van der Waals surface area contributed by atoms with Crippen LogP contribution < -0.4 is 0 Å². The molecule has 0 amide bonds. The molecule has 0 saturated carbocycles. The number of thioether (sulfide) groups is 1. The van der Waals surface area contributed by atoms with Gasteiger partial charge in [-0.3, -0.25) is 0 Å². The molecule has 18 heavy (non-hydrogen) atoms. The zero-order chi connectivity index (χ0) is 13.1. The van der Waals surface area contributed by atoms with Crippen LogP contribution in [0.2, 0.25) is 0 Å². The Balaban J connectivity index is 2.27.